The van der Waals surface area contributed by atoms with Crippen molar-refractivity contribution in [1.29, 1.82) is 5.26 Å². The maximum Gasteiger partial charge on any atom is 0.182 e. The lowest BCUT2D eigenvalue weighted by Gasteiger charge is -2.14. The minimum atomic E-state index is 0.0392. The van der Waals surface area contributed by atoms with Crippen molar-refractivity contribution < 1.29 is 9.47 Å². The summed E-state index contributed by atoms with van der Waals surface area (Å²) in [4.78, 5) is 3.97. The first-order valence-corrected chi connectivity index (χ1v) is 5.42. The quantitative estimate of drug-likeness (QED) is 0.778. The van der Waals surface area contributed by atoms with Crippen LogP contribution in [0.2, 0.25) is 0 Å². The SMILES string of the molecule is CC(C)Oc1cncc(C#N)c1OC1CC1. The van der Waals surface area contributed by atoms with Crippen molar-refractivity contribution in [3.05, 3.63) is 18.0 Å². The molecule has 2 rings (SSSR count). The van der Waals surface area contributed by atoms with Crippen LogP contribution in [0.25, 0.3) is 0 Å². The van der Waals surface area contributed by atoms with E-state index in [0.29, 0.717) is 17.1 Å². The van der Waals surface area contributed by atoms with Crippen LogP contribution in [-0.4, -0.2) is 17.2 Å². The highest BCUT2D eigenvalue weighted by molar-refractivity contribution is 5.50. The molecule has 0 saturated heterocycles. The first-order chi connectivity index (χ1) is 7.70. The van der Waals surface area contributed by atoms with E-state index in [-0.39, 0.29) is 12.2 Å². The number of ether oxygens (including phenoxy) is 2. The van der Waals surface area contributed by atoms with Gasteiger partial charge in [0.05, 0.1) is 18.4 Å². The molecule has 16 heavy (non-hydrogen) atoms. The summed E-state index contributed by atoms with van der Waals surface area (Å²) < 4.78 is 11.3. The zero-order valence-corrected chi connectivity index (χ0v) is 9.43. The minimum absolute atomic E-state index is 0.0392. The fraction of sp³-hybridized carbons (Fsp3) is 0.500. The Balaban J connectivity index is 2.29. The maximum atomic E-state index is 8.98. The van der Waals surface area contributed by atoms with E-state index in [1.165, 1.54) is 6.20 Å². The Bertz CT molecular complexity index is 420. The van der Waals surface area contributed by atoms with Crippen LogP contribution in [0.5, 0.6) is 11.5 Å². The predicted molar refractivity (Wildman–Crippen MR) is 58.4 cm³/mol. The fourth-order valence-corrected chi connectivity index (χ4v) is 1.32. The van der Waals surface area contributed by atoms with Gasteiger partial charge >= 0.3 is 0 Å². The number of pyridine rings is 1. The molecule has 0 spiro atoms. The Kier molecular flexibility index (Phi) is 2.95. The molecule has 0 aliphatic heterocycles. The van der Waals surface area contributed by atoms with Gasteiger partial charge in [-0.15, -0.1) is 0 Å². The number of hydrogen-bond donors (Lipinski definition) is 0. The van der Waals surface area contributed by atoms with Crippen molar-refractivity contribution in [3.63, 3.8) is 0 Å². The van der Waals surface area contributed by atoms with Gasteiger partial charge in [-0.1, -0.05) is 0 Å². The normalized spacial score (nSPS) is 14.6. The van der Waals surface area contributed by atoms with Gasteiger partial charge < -0.3 is 9.47 Å². The Labute approximate surface area is 94.8 Å². The summed E-state index contributed by atoms with van der Waals surface area (Å²) in [7, 11) is 0. The number of aromatic nitrogens is 1. The molecule has 1 heterocycles. The highest BCUT2D eigenvalue weighted by Crippen LogP contribution is 2.35. The third-order valence-electron chi connectivity index (χ3n) is 2.16. The van der Waals surface area contributed by atoms with E-state index in [1.54, 1.807) is 6.20 Å². The largest absolute Gasteiger partial charge is 0.485 e. The van der Waals surface area contributed by atoms with Crippen molar-refractivity contribution in [2.24, 2.45) is 0 Å². The molecule has 0 radical (unpaired) electrons. The van der Waals surface area contributed by atoms with Crippen molar-refractivity contribution in [2.45, 2.75) is 38.9 Å². The Morgan fingerprint density at radius 3 is 2.75 bits per heavy atom. The van der Waals surface area contributed by atoms with Crippen molar-refractivity contribution in [1.82, 2.24) is 4.98 Å². The molecule has 84 valence electrons. The zero-order chi connectivity index (χ0) is 11.5. The average molecular weight is 218 g/mol. The van der Waals surface area contributed by atoms with Gasteiger partial charge in [-0.2, -0.15) is 5.26 Å². The lowest BCUT2D eigenvalue weighted by atomic mass is 10.2. The highest BCUT2D eigenvalue weighted by Gasteiger charge is 2.26. The van der Waals surface area contributed by atoms with E-state index in [0.717, 1.165) is 12.8 Å². The van der Waals surface area contributed by atoms with Crippen LogP contribution in [0.1, 0.15) is 32.3 Å². The molecule has 0 atom stereocenters. The zero-order valence-electron chi connectivity index (χ0n) is 9.43. The molecule has 1 fully saturated rings. The third kappa shape index (κ3) is 2.43. The summed E-state index contributed by atoms with van der Waals surface area (Å²) in [5, 5.41) is 8.98. The van der Waals surface area contributed by atoms with Crippen LogP contribution >= 0.6 is 0 Å². The molecular weight excluding hydrogens is 204 g/mol. The summed E-state index contributed by atoms with van der Waals surface area (Å²) >= 11 is 0. The van der Waals surface area contributed by atoms with Gasteiger partial charge in [-0.3, -0.25) is 4.98 Å². The van der Waals surface area contributed by atoms with Crippen LogP contribution in [0.4, 0.5) is 0 Å². The lowest BCUT2D eigenvalue weighted by Crippen LogP contribution is -2.09. The van der Waals surface area contributed by atoms with Crippen molar-refractivity contribution >= 4 is 0 Å². The summed E-state index contributed by atoms with van der Waals surface area (Å²) in [6, 6.07) is 2.07. The molecule has 4 nitrogen and oxygen atoms in total. The molecule has 1 aromatic rings. The predicted octanol–water partition coefficient (Wildman–Crippen LogP) is 2.28. The summed E-state index contributed by atoms with van der Waals surface area (Å²) in [6.07, 6.45) is 5.48. The molecule has 1 aliphatic rings. The van der Waals surface area contributed by atoms with Gasteiger partial charge in [0.25, 0.3) is 0 Å². The van der Waals surface area contributed by atoms with E-state index in [2.05, 4.69) is 11.1 Å². The molecule has 1 aromatic heterocycles. The minimum Gasteiger partial charge on any atom is -0.485 e. The van der Waals surface area contributed by atoms with Gasteiger partial charge in [0.2, 0.25) is 0 Å². The maximum absolute atomic E-state index is 8.98. The van der Waals surface area contributed by atoms with Gasteiger partial charge in [0.1, 0.15) is 11.6 Å². The first kappa shape index (κ1) is 10.7. The number of hydrogen-bond acceptors (Lipinski definition) is 4. The molecule has 1 saturated carbocycles. The molecule has 0 bridgehead atoms. The van der Waals surface area contributed by atoms with Crippen LogP contribution in [0.15, 0.2) is 12.4 Å². The Hall–Kier alpha value is -1.76. The Morgan fingerprint density at radius 2 is 2.19 bits per heavy atom. The molecule has 1 aliphatic carbocycles. The second-order valence-corrected chi connectivity index (χ2v) is 4.11. The molecule has 0 amide bonds. The monoisotopic (exact) mass is 218 g/mol. The van der Waals surface area contributed by atoms with Crippen LogP contribution in [0, 0.1) is 11.3 Å². The molecule has 0 N–H and O–H groups in total. The second kappa shape index (κ2) is 4.40. The summed E-state index contributed by atoms with van der Waals surface area (Å²) in [6.45, 7) is 3.86. The van der Waals surface area contributed by atoms with Gasteiger partial charge in [0.15, 0.2) is 11.5 Å². The van der Waals surface area contributed by atoms with E-state index < -0.39 is 0 Å². The van der Waals surface area contributed by atoms with Crippen LogP contribution in [0.3, 0.4) is 0 Å². The summed E-state index contributed by atoms with van der Waals surface area (Å²) in [5.74, 6) is 1.09. The molecule has 0 unspecified atom stereocenters. The van der Waals surface area contributed by atoms with Crippen molar-refractivity contribution in [3.8, 4) is 17.6 Å². The van der Waals surface area contributed by atoms with Crippen molar-refractivity contribution in [2.75, 3.05) is 0 Å². The number of rotatable bonds is 4. The highest BCUT2D eigenvalue weighted by atomic mass is 16.5. The van der Waals surface area contributed by atoms with E-state index >= 15 is 0 Å². The Morgan fingerprint density at radius 1 is 1.44 bits per heavy atom. The number of nitrogens with zero attached hydrogens (tertiary/aromatic N) is 2. The van der Waals surface area contributed by atoms with Crippen LogP contribution in [-0.2, 0) is 0 Å². The van der Waals surface area contributed by atoms with Gasteiger partial charge in [0, 0.05) is 6.20 Å². The van der Waals surface area contributed by atoms with Gasteiger partial charge in [-0.25, -0.2) is 0 Å². The molecule has 4 heteroatoms. The van der Waals surface area contributed by atoms with E-state index in [1.807, 2.05) is 13.8 Å². The second-order valence-electron chi connectivity index (χ2n) is 4.11. The van der Waals surface area contributed by atoms with Crippen LogP contribution < -0.4 is 9.47 Å². The van der Waals surface area contributed by atoms with E-state index in [9.17, 15) is 0 Å². The number of nitriles is 1. The standard InChI is InChI=1S/C12H14N2O2/c1-8(2)15-11-7-14-6-9(5-13)12(11)16-10-3-4-10/h6-8,10H,3-4H2,1-2H3. The third-order valence-corrected chi connectivity index (χ3v) is 2.16. The summed E-state index contributed by atoms with van der Waals surface area (Å²) in [5.41, 5.74) is 0.435. The lowest BCUT2D eigenvalue weighted by molar-refractivity contribution is 0.216. The topological polar surface area (TPSA) is 55.1 Å². The van der Waals surface area contributed by atoms with E-state index in [4.69, 9.17) is 14.7 Å². The smallest absolute Gasteiger partial charge is 0.182 e. The average Bonchev–Trinajstić information content (AvgIpc) is 3.03. The van der Waals surface area contributed by atoms with Gasteiger partial charge in [-0.05, 0) is 26.7 Å². The molecule has 0 aromatic carbocycles. The fourth-order valence-electron chi connectivity index (χ4n) is 1.32. The first-order valence-electron chi connectivity index (χ1n) is 5.42. The molecular formula is C12H14N2O2.